The molecule has 1 atom stereocenters. The summed E-state index contributed by atoms with van der Waals surface area (Å²) in [5.74, 6) is 0. The van der Waals surface area contributed by atoms with Crippen LogP contribution in [0.4, 0.5) is 0 Å². The molecule has 0 radical (unpaired) electrons. The van der Waals surface area contributed by atoms with Crippen LogP contribution in [0.1, 0.15) is 24.8 Å². The van der Waals surface area contributed by atoms with Gasteiger partial charge in [-0.1, -0.05) is 42.5 Å². The first-order chi connectivity index (χ1) is 11.9. The third-order valence-corrected chi connectivity index (χ3v) is 5.08. The molecule has 24 heavy (non-hydrogen) atoms. The second-order valence-electron chi connectivity index (χ2n) is 6.73. The molecular formula is C20H24N4. The Morgan fingerprint density at radius 3 is 2.83 bits per heavy atom. The van der Waals surface area contributed by atoms with Crippen molar-refractivity contribution >= 4 is 10.8 Å². The number of hydrogen-bond acceptors (Lipinski definition) is 3. The van der Waals surface area contributed by atoms with E-state index < -0.39 is 0 Å². The monoisotopic (exact) mass is 320 g/mol. The first-order valence-corrected chi connectivity index (χ1v) is 8.93. The van der Waals surface area contributed by atoms with Gasteiger partial charge in [-0.05, 0) is 48.6 Å². The molecule has 4 heteroatoms. The highest BCUT2D eigenvalue weighted by atomic mass is 15.3. The van der Waals surface area contributed by atoms with Gasteiger partial charge in [-0.15, -0.1) is 0 Å². The number of benzene rings is 2. The highest BCUT2D eigenvalue weighted by Gasteiger charge is 2.24. The highest BCUT2D eigenvalue weighted by molar-refractivity contribution is 5.82. The van der Waals surface area contributed by atoms with Crippen LogP contribution in [0, 0.1) is 0 Å². The summed E-state index contributed by atoms with van der Waals surface area (Å²) >= 11 is 0. The zero-order chi connectivity index (χ0) is 16.2. The number of hydrogen-bond donors (Lipinski definition) is 0. The summed E-state index contributed by atoms with van der Waals surface area (Å²) in [4.78, 5) is 6.67. The molecule has 2 heterocycles. The predicted octanol–water partition coefficient (Wildman–Crippen LogP) is 3.53. The fourth-order valence-electron chi connectivity index (χ4n) is 3.84. The molecule has 124 valence electrons. The van der Waals surface area contributed by atoms with E-state index in [1.165, 1.54) is 35.7 Å². The first kappa shape index (κ1) is 15.3. The zero-order valence-corrected chi connectivity index (χ0v) is 14.0. The van der Waals surface area contributed by atoms with Crippen molar-refractivity contribution in [1.29, 1.82) is 0 Å². The molecule has 1 fully saturated rings. The lowest BCUT2D eigenvalue weighted by atomic mass is 10.0. The second kappa shape index (κ2) is 7.14. The summed E-state index contributed by atoms with van der Waals surface area (Å²) in [6.45, 7) is 3.34. The lowest BCUT2D eigenvalue weighted by Crippen LogP contribution is -2.32. The maximum absolute atomic E-state index is 4.18. The third-order valence-electron chi connectivity index (χ3n) is 5.08. The SMILES string of the molecule is c1ccc2cc(CC3CCCN3CCCn3cncn3)ccc2c1. The summed E-state index contributed by atoms with van der Waals surface area (Å²) in [6, 6.07) is 16.2. The molecule has 3 aromatic rings. The van der Waals surface area contributed by atoms with Gasteiger partial charge in [-0.25, -0.2) is 4.98 Å². The van der Waals surface area contributed by atoms with Crippen molar-refractivity contribution in [3.8, 4) is 0 Å². The van der Waals surface area contributed by atoms with Crippen molar-refractivity contribution in [1.82, 2.24) is 19.7 Å². The molecule has 0 N–H and O–H groups in total. The lowest BCUT2D eigenvalue weighted by Gasteiger charge is -2.24. The maximum atomic E-state index is 4.18. The van der Waals surface area contributed by atoms with E-state index in [2.05, 4.69) is 57.4 Å². The summed E-state index contributed by atoms with van der Waals surface area (Å²) in [7, 11) is 0. The van der Waals surface area contributed by atoms with Crippen LogP contribution in [0.2, 0.25) is 0 Å². The summed E-state index contributed by atoms with van der Waals surface area (Å²) in [6.07, 6.45) is 8.35. The number of fused-ring (bicyclic) bond motifs is 1. The van der Waals surface area contributed by atoms with Crippen LogP contribution in [0.3, 0.4) is 0 Å². The number of nitrogens with zero attached hydrogens (tertiary/aromatic N) is 4. The average molecular weight is 320 g/mol. The van der Waals surface area contributed by atoms with Crippen molar-refractivity contribution in [2.24, 2.45) is 0 Å². The van der Waals surface area contributed by atoms with Crippen LogP contribution < -0.4 is 0 Å². The highest BCUT2D eigenvalue weighted by Crippen LogP contribution is 2.23. The summed E-state index contributed by atoms with van der Waals surface area (Å²) in [5, 5.41) is 6.87. The van der Waals surface area contributed by atoms with Gasteiger partial charge in [0.2, 0.25) is 0 Å². The minimum atomic E-state index is 0.682. The molecule has 1 unspecified atom stereocenters. The van der Waals surface area contributed by atoms with Crippen LogP contribution in [0.25, 0.3) is 10.8 Å². The number of aromatic nitrogens is 3. The van der Waals surface area contributed by atoms with E-state index >= 15 is 0 Å². The summed E-state index contributed by atoms with van der Waals surface area (Å²) < 4.78 is 1.93. The van der Waals surface area contributed by atoms with Gasteiger partial charge >= 0.3 is 0 Å². The molecule has 1 aliphatic rings. The van der Waals surface area contributed by atoms with E-state index in [9.17, 15) is 0 Å². The van der Waals surface area contributed by atoms with Crippen molar-refractivity contribution in [3.05, 3.63) is 60.7 Å². The molecule has 1 saturated heterocycles. The Morgan fingerprint density at radius 1 is 1.04 bits per heavy atom. The third kappa shape index (κ3) is 3.49. The fourth-order valence-corrected chi connectivity index (χ4v) is 3.84. The van der Waals surface area contributed by atoms with Crippen molar-refractivity contribution < 1.29 is 0 Å². The van der Waals surface area contributed by atoms with Gasteiger partial charge in [0, 0.05) is 19.1 Å². The van der Waals surface area contributed by atoms with Crippen molar-refractivity contribution in [2.75, 3.05) is 13.1 Å². The average Bonchev–Trinajstić information content (AvgIpc) is 3.27. The van der Waals surface area contributed by atoms with Gasteiger partial charge in [-0.3, -0.25) is 9.58 Å². The molecule has 2 aromatic carbocycles. The largest absolute Gasteiger partial charge is 0.300 e. The Hall–Kier alpha value is -2.20. The standard InChI is InChI=1S/C20H24N4/c1-2-6-19-13-17(8-9-18(19)5-1)14-20-7-3-10-23(20)11-4-12-24-16-21-15-22-24/h1-2,5-6,8-9,13,15-16,20H,3-4,7,10-12,14H2. The van der Waals surface area contributed by atoms with Gasteiger partial charge in [0.25, 0.3) is 0 Å². The van der Waals surface area contributed by atoms with Gasteiger partial charge < -0.3 is 0 Å². The number of aryl methyl sites for hydroxylation is 1. The number of rotatable bonds is 6. The van der Waals surface area contributed by atoms with E-state index in [1.807, 2.05) is 4.68 Å². The van der Waals surface area contributed by atoms with E-state index in [1.54, 1.807) is 12.7 Å². The molecule has 4 nitrogen and oxygen atoms in total. The molecule has 1 aromatic heterocycles. The van der Waals surface area contributed by atoms with Crippen LogP contribution in [0.15, 0.2) is 55.1 Å². The predicted molar refractivity (Wildman–Crippen MR) is 96.9 cm³/mol. The molecule has 0 spiro atoms. The first-order valence-electron chi connectivity index (χ1n) is 8.93. The van der Waals surface area contributed by atoms with Crippen LogP contribution >= 0.6 is 0 Å². The van der Waals surface area contributed by atoms with Crippen LogP contribution in [0.5, 0.6) is 0 Å². The molecular weight excluding hydrogens is 296 g/mol. The Kier molecular flexibility index (Phi) is 4.56. The molecule has 4 rings (SSSR count). The second-order valence-corrected chi connectivity index (χ2v) is 6.73. The normalized spacial score (nSPS) is 18.4. The Balaban J connectivity index is 1.37. The molecule has 0 aliphatic carbocycles. The lowest BCUT2D eigenvalue weighted by molar-refractivity contribution is 0.243. The maximum Gasteiger partial charge on any atom is 0.137 e. The summed E-state index contributed by atoms with van der Waals surface area (Å²) in [5.41, 5.74) is 1.46. The van der Waals surface area contributed by atoms with Crippen molar-refractivity contribution in [3.63, 3.8) is 0 Å². The molecule has 0 amide bonds. The Morgan fingerprint density at radius 2 is 1.96 bits per heavy atom. The van der Waals surface area contributed by atoms with Gasteiger partial charge in [0.15, 0.2) is 0 Å². The topological polar surface area (TPSA) is 34.0 Å². The van der Waals surface area contributed by atoms with E-state index in [0.29, 0.717) is 6.04 Å². The van der Waals surface area contributed by atoms with Gasteiger partial charge in [-0.2, -0.15) is 5.10 Å². The van der Waals surface area contributed by atoms with E-state index in [4.69, 9.17) is 0 Å². The zero-order valence-electron chi connectivity index (χ0n) is 14.0. The minimum absolute atomic E-state index is 0.682. The van der Waals surface area contributed by atoms with Gasteiger partial charge in [0.05, 0.1) is 0 Å². The Labute approximate surface area is 143 Å². The Bertz CT molecular complexity index is 781. The van der Waals surface area contributed by atoms with Crippen LogP contribution in [-0.4, -0.2) is 38.8 Å². The van der Waals surface area contributed by atoms with Gasteiger partial charge in [0.1, 0.15) is 12.7 Å². The smallest absolute Gasteiger partial charge is 0.137 e. The quantitative estimate of drug-likeness (QED) is 0.697. The minimum Gasteiger partial charge on any atom is -0.300 e. The molecule has 0 bridgehead atoms. The number of likely N-dealkylation sites (tertiary alicyclic amines) is 1. The van der Waals surface area contributed by atoms with Crippen molar-refractivity contribution in [2.45, 2.75) is 38.3 Å². The molecule has 1 aliphatic heterocycles. The van der Waals surface area contributed by atoms with E-state index in [-0.39, 0.29) is 0 Å². The van der Waals surface area contributed by atoms with Crippen LogP contribution in [-0.2, 0) is 13.0 Å². The fraction of sp³-hybridized carbons (Fsp3) is 0.400. The molecule has 0 saturated carbocycles. The van der Waals surface area contributed by atoms with E-state index in [0.717, 1.165) is 25.9 Å².